The highest BCUT2D eigenvalue weighted by Gasteiger charge is 2.23. The number of nitrogens with one attached hydrogen (secondary N) is 1. The number of nitrogen functional groups attached to an aromatic ring is 1. The second-order valence-corrected chi connectivity index (χ2v) is 7.79. The Morgan fingerprint density at radius 1 is 1.03 bits per heavy atom. The van der Waals surface area contributed by atoms with Gasteiger partial charge in [-0.25, -0.2) is 4.39 Å². The topological polar surface area (TPSA) is 75.4 Å². The molecule has 32 heavy (non-hydrogen) atoms. The number of halogens is 1. The van der Waals surface area contributed by atoms with Gasteiger partial charge in [0.1, 0.15) is 5.82 Å². The van der Waals surface area contributed by atoms with Crippen LogP contribution in [-0.2, 0) is 11.3 Å². The zero-order valence-electron chi connectivity index (χ0n) is 17.6. The summed E-state index contributed by atoms with van der Waals surface area (Å²) < 4.78 is 13.1. The van der Waals surface area contributed by atoms with E-state index in [1.54, 1.807) is 41.3 Å². The van der Waals surface area contributed by atoms with E-state index >= 15 is 0 Å². The lowest BCUT2D eigenvalue weighted by Crippen LogP contribution is -2.36. The van der Waals surface area contributed by atoms with Gasteiger partial charge in [0.25, 0.3) is 5.91 Å². The number of nitrogens with two attached hydrogens (primary N) is 1. The molecule has 0 bridgehead atoms. The van der Waals surface area contributed by atoms with Crippen LogP contribution < -0.4 is 11.1 Å². The summed E-state index contributed by atoms with van der Waals surface area (Å²) in [4.78, 5) is 27.2. The second kappa shape index (κ2) is 9.47. The van der Waals surface area contributed by atoms with Crippen molar-refractivity contribution >= 4 is 29.3 Å². The monoisotopic (exact) mass is 429 g/mol. The molecule has 3 N–H and O–H groups in total. The van der Waals surface area contributed by atoms with Crippen LogP contribution in [0.15, 0.2) is 78.4 Å². The van der Waals surface area contributed by atoms with Gasteiger partial charge in [-0.3, -0.25) is 9.59 Å². The molecule has 1 aliphatic heterocycles. The highest BCUT2D eigenvalue weighted by molar-refractivity contribution is 6.05. The smallest absolute Gasteiger partial charge is 0.255 e. The minimum atomic E-state index is -0.298. The van der Waals surface area contributed by atoms with Crippen LogP contribution in [-0.4, -0.2) is 23.3 Å². The van der Waals surface area contributed by atoms with Gasteiger partial charge in [0.15, 0.2) is 0 Å². The van der Waals surface area contributed by atoms with E-state index in [4.69, 9.17) is 5.73 Å². The van der Waals surface area contributed by atoms with E-state index in [1.165, 1.54) is 12.1 Å². The largest absolute Gasteiger partial charge is 0.397 e. The summed E-state index contributed by atoms with van der Waals surface area (Å²) >= 11 is 0. The van der Waals surface area contributed by atoms with Crippen molar-refractivity contribution in [1.29, 1.82) is 0 Å². The highest BCUT2D eigenvalue weighted by atomic mass is 19.1. The quantitative estimate of drug-likeness (QED) is 0.449. The molecule has 2 amide bonds. The van der Waals surface area contributed by atoms with Crippen molar-refractivity contribution in [3.63, 3.8) is 0 Å². The minimum absolute atomic E-state index is 0.0121. The fraction of sp³-hybridized carbons (Fsp3) is 0.154. The van der Waals surface area contributed by atoms with E-state index in [1.807, 2.05) is 30.3 Å². The molecule has 1 heterocycles. The molecule has 6 heteroatoms. The van der Waals surface area contributed by atoms with Crippen molar-refractivity contribution in [2.45, 2.75) is 19.4 Å². The number of hydrogen-bond acceptors (Lipinski definition) is 3. The van der Waals surface area contributed by atoms with E-state index in [0.717, 1.165) is 23.1 Å². The fourth-order valence-electron chi connectivity index (χ4n) is 3.70. The lowest BCUT2D eigenvalue weighted by Gasteiger charge is -2.28. The number of rotatable bonds is 5. The van der Waals surface area contributed by atoms with Gasteiger partial charge in [0.2, 0.25) is 5.91 Å². The van der Waals surface area contributed by atoms with E-state index in [0.29, 0.717) is 36.4 Å². The Morgan fingerprint density at radius 2 is 1.75 bits per heavy atom. The second-order valence-electron chi connectivity index (χ2n) is 7.79. The molecule has 3 aromatic carbocycles. The van der Waals surface area contributed by atoms with Crippen molar-refractivity contribution in [3.8, 4) is 0 Å². The molecular formula is C26H24FN3O2. The summed E-state index contributed by atoms with van der Waals surface area (Å²) in [5, 5.41) is 2.81. The molecule has 1 aliphatic rings. The third kappa shape index (κ3) is 5.03. The number of carbonyl (C=O) groups excluding carboxylic acids is 2. The van der Waals surface area contributed by atoms with Gasteiger partial charge < -0.3 is 16.0 Å². The summed E-state index contributed by atoms with van der Waals surface area (Å²) in [5.74, 6) is -0.553. The zero-order valence-corrected chi connectivity index (χ0v) is 17.6. The summed E-state index contributed by atoms with van der Waals surface area (Å²) in [6.45, 7) is 1.14. The Morgan fingerprint density at radius 3 is 2.47 bits per heavy atom. The number of hydrogen-bond donors (Lipinski definition) is 2. The van der Waals surface area contributed by atoms with Crippen LogP contribution in [0, 0.1) is 5.82 Å². The summed E-state index contributed by atoms with van der Waals surface area (Å²) in [6, 6.07) is 20.4. The highest BCUT2D eigenvalue weighted by Crippen LogP contribution is 2.23. The Bertz CT molecular complexity index is 1150. The predicted molar refractivity (Wildman–Crippen MR) is 124 cm³/mol. The molecule has 0 atom stereocenters. The first-order chi connectivity index (χ1) is 15.5. The molecule has 0 spiro atoms. The van der Waals surface area contributed by atoms with E-state index < -0.39 is 0 Å². The molecule has 0 radical (unpaired) electrons. The van der Waals surface area contributed by atoms with Crippen molar-refractivity contribution in [2.75, 3.05) is 17.6 Å². The van der Waals surface area contributed by atoms with Crippen LogP contribution in [0.1, 0.15) is 34.3 Å². The normalized spacial score (nSPS) is 15.1. The third-order valence-corrected chi connectivity index (χ3v) is 5.45. The number of benzene rings is 3. The molecule has 1 fully saturated rings. The van der Waals surface area contributed by atoms with Crippen LogP contribution in [0.4, 0.5) is 15.8 Å². The lowest BCUT2D eigenvalue weighted by atomic mass is 10.00. The van der Waals surface area contributed by atoms with Gasteiger partial charge in [-0.2, -0.15) is 0 Å². The number of carbonyl (C=O) groups is 2. The molecule has 3 aromatic rings. The molecule has 5 nitrogen and oxygen atoms in total. The first kappa shape index (κ1) is 21.3. The minimum Gasteiger partial charge on any atom is -0.397 e. The van der Waals surface area contributed by atoms with E-state index in [-0.39, 0.29) is 17.6 Å². The van der Waals surface area contributed by atoms with Gasteiger partial charge in [-0.15, -0.1) is 0 Å². The molecule has 0 unspecified atom stereocenters. The molecule has 0 aromatic heterocycles. The van der Waals surface area contributed by atoms with E-state index in [9.17, 15) is 14.0 Å². The summed E-state index contributed by atoms with van der Waals surface area (Å²) in [6.07, 6.45) is 3.41. The van der Waals surface area contributed by atoms with Crippen LogP contribution in [0.3, 0.4) is 0 Å². The molecule has 4 rings (SSSR count). The lowest BCUT2D eigenvalue weighted by molar-refractivity contribution is -0.129. The Kier molecular flexibility index (Phi) is 6.31. The first-order valence-electron chi connectivity index (χ1n) is 10.5. The third-order valence-electron chi connectivity index (χ3n) is 5.45. The van der Waals surface area contributed by atoms with Gasteiger partial charge in [-0.05, 0) is 66.4 Å². The average Bonchev–Trinajstić information content (AvgIpc) is 2.80. The number of para-hydroxylation sites is 2. The summed E-state index contributed by atoms with van der Waals surface area (Å²) in [7, 11) is 0. The maximum absolute atomic E-state index is 13.1. The van der Waals surface area contributed by atoms with Gasteiger partial charge >= 0.3 is 0 Å². The average molecular weight is 429 g/mol. The van der Waals surface area contributed by atoms with E-state index in [2.05, 4.69) is 5.32 Å². The number of piperidine rings is 1. The van der Waals surface area contributed by atoms with Crippen LogP contribution in [0.2, 0.25) is 0 Å². The van der Waals surface area contributed by atoms with Crippen molar-refractivity contribution in [2.24, 2.45) is 0 Å². The Labute approximate surface area is 186 Å². The standard InChI is InChI=1S/C26H24FN3O2/c27-22-13-9-18(10-14-22)16-21-4-3-15-30(26(21)32)17-19-7-11-20(12-8-19)25(31)29-24-6-2-1-5-23(24)28/h1-2,5-14,16H,3-4,15,17,28H2,(H,29,31)/b21-16+. The Hall–Kier alpha value is -3.93. The Balaban J connectivity index is 1.41. The first-order valence-corrected chi connectivity index (χ1v) is 10.5. The molecular weight excluding hydrogens is 405 g/mol. The number of amides is 2. The maximum Gasteiger partial charge on any atom is 0.255 e. The van der Waals surface area contributed by atoms with Crippen LogP contribution >= 0.6 is 0 Å². The summed E-state index contributed by atoms with van der Waals surface area (Å²) in [5.41, 5.74) is 9.94. The molecule has 0 saturated carbocycles. The van der Waals surface area contributed by atoms with Crippen molar-refractivity contribution in [1.82, 2.24) is 4.90 Å². The van der Waals surface area contributed by atoms with Crippen LogP contribution in [0.25, 0.3) is 6.08 Å². The number of likely N-dealkylation sites (tertiary alicyclic amines) is 1. The SMILES string of the molecule is Nc1ccccc1NC(=O)c1ccc(CN2CCC/C(=C\c3ccc(F)cc3)C2=O)cc1. The maximum atomic E-state index is 13.1. The van der Waals surface area contributed by atoms with Gasteiger partial charge in [0.05, 0.1) is 11.4 Å². The number of nitrogens with zero attached hydrogens (tertiary/aromatic N) is 1. The van der Waals surface area contributed by atoms with Crippen molar-refractivity contribution < 1.29 is 14.0 Å². The van der Waals surface area contributed by atoms with Crippen LogP contribution in [0.5, 0.6) is 0 Å². The van der Waals surface area contributed by atoms with Gasteiger partial charge in [-0.1, -0.05) is 36.4 Å². The number of anilines is 2. The predicted octanol–water partition coefficient (Wildman–Crippen LogP) is 4.87. The fourth-order valence-corrected chi connectivity index (χ4v) is 3.70. The van der Waals surface area contributed by atoms with Crippen molar-refractivity contribution in [3.05, 3.63) is 101 Å². The van der Waals surface area contributed by atoms with Gasteiger partial charge in [0, 0.05) is 24.2 Å². The molecule has 1 saturated heterocycles. The zero-order chi connectivity index (χ0) is 22.5. The molecule has 0 aliphatic carbocycles. The molecule has 162 valence electrons.